The van der Waals surface area contributed by atoms with E-state index in [-0.39, 0.29) is 28.3 Å². The number of rotatable bonds is 4. The smallest absolute Gasteiger partial charge is 0.271 e. The van der Waals surface area contributed by atoms with Gasteiger partial charge in [0.15, 0.2) is 0 Å². The van der Waals surface area contributed by atoms with Crippen LogP contribution in [0.2, 0.25) is 5.02 Å². The highest BCUT2D eigenvalue weighted by molar-refractivity contribution is 6.32. The second-order valence-corrected chi connectivity index (χ2v) is 4.21. The van der Waals surface area contributed by atoms with Crippen molar-refractivity contribution in [2.24, 2.45) is 5.84 Å². The number of nitrogens with two attached hydrogens (primary N) is 1. The van der Waals surface area contributed by atoms with Gasteiger partial charge in [0.1, 0.15) is 5.75 Å². The van der Waals surface area contributed by atoms with Crippen LogP contribution in [-0.4, -0.2) is 14.9 Å². The highest BCUT2D eigenvalue weighted by Gasteiger charge is 2.13. The van der Waals surface area contributed by atoms with E-state index in [9.17, 15) is 10.1 Å². The van der Waals surface area contributed by atoms with Gasteiger partial charge in [0.05, 0.1) is 9.95 Å². The molecular weight excluding hydrogens is 286 g/mol. The van der Waals surface area contributed by atoms with Crippen LogP contribution in [0.1, 0.15) is 5.56 Å². The van der Waals surface area contributed by atoms with Gasteiger partial charge in [-0.3, -0.25) is 15.5 Å². The minimum Gasteiger partial charge on any atom is -0.437 e. The van der Waals surface area contributed by atoms with E-state index in [1.165, 1.54) is 24.4 Å². The number of aryl methyl sites for hydroxylation is 1. The Balaban J connectivity index is 2.32. The Labute approximate surface area is 118 Å². The Kier molecular flexibility index (Phi) is 3.97. The van der Waals surface area contributed by atoms with Crippen LogP contribution in [0, 0.1) is 17.0 Å². The third kappa shape index (κ3) is 2.92. The summed E-state index contributed by atoms with van der Waals surface area (Å²) in [4.78, 5) is 18.0. The van der Waals surface area contributed by atoms with Gasteiger partial charge in [0.25, 0.3) is 5.69 Å². The summed E-state index contributed by atoms with van der Waals surface area (Å²) in [6, 6.07) is 3.90. The Bertz CT molecular complexity index is 665. The van der Waals surface area contributed by atoms with Crippen molar-refractivity contribution in [3.8, 4) is 11.6 Å². The average molecular weight is 296 g/mol. The first-order chi connectivity index (χ1) is 9.51. The van der Waals surface area contributed by atoms with E-state index in [1.807, 2.05) is 0 Å². The van der Waals surface area contributed by atoms with Crippen LogP contribution in [0.15, 0.2) is 24.4 Å². The molecular formula is C11H10ClN5O3. The lowest BCUT2D eigenvalue weighted by Gasteiger charge is -2.09. The lowest BCUT2D eigenvalue weighted by molar-refractivity contribution is -0.384. The third-order valence-electron chi connectivity index (χ3n) is 2.39. The minimum atomic E-state index is -0.540. The van der Waals surface area contributed by atoms with E-state index in [2.05, 4.69) is 15.4 Å². The molecule has 0 aliphatic rings. The molecule has 3 N–H and O–H groups in total. The van der Waals surface area contributed by atoms with Gasteiger partial charge in [-0.25, -0.2) is 10.8 Å². The second kappa shape index (κ2) is 5.68. The molecule has 0 amide bonds. The number of hydrogen-bond donors (Lipinski definition) is 2. The largest absolute Gasteiger partial charge is 0.437 e. The maximum atomic E-state index is 10.6. The number of halogens is 1. The number of ether oxygens (including phenoxy) is 1. The highest BCUT2D eigenvalue weighted by Crippen LogP contribution is 2.32. The predicted octanol–water partition coefficient (Wildman–Crippen LogP) is 2.42. The fraction of sp³-hybridized carbons (Fsp3) is 0.0909. The van der Waals surface area contributed by atoms with E-state index >= 15 is 0 Å². The molecule has 1 heterocycles. The number of anilines is 1. The van der Waals surface area contributed by atoms with Crippen molar-refractivity contribution in [3.63, 3.8) is 0 Å². The minimum absolute atomic E-state index is 0.111. The van der Waals surface area contributed by atoms with Gasteiger partial charge in [-0.15, -0.1) is 0 Å². The van der Waals surface area contributed by atoms with Crippen molar-refractivity contribution in [2.75, 3.05) is 5.43 Å². The van der Waals surface area contributed by atoms with Crippen molar-refractivity contribution in [3.05, 3.63) is 45.1 Å². The van der Waals surface area contributed by atoms with E-state index in [1.54, 1.807) is 6.92 Å². The molecule has 8 nitrogen and oxygen atoms in total. The number of aromatic nitrogens is 2. The number of nitrogens with zero attached hydrogens (tertiary/aromatic N) is 3. The molecule has 9 heteroatoms. The zero-order valence-electron chi connectivity index (χ0n) is 10.3. The summed E-state index contributed by atoms with van der Waals surface area (Å²) in [5.41, 5.74) is 2.84. The number of nitro benzene ring substituents is 1. The van der Waals surface area contributed by atoms with Gasteiger partial charge in [0, 0.05) is 23.9 Å². The molecule has 0 fully saturated rings. The van der Waals surface area contributed by atoms with Crippen LogP contribution in [0.25, 0.3) is 0 Å². The molecule has 2 rings (SSSR count). The van der Waals surface area contributed by atoms with Crippen molar-refractivity contribution < 1.29 is 9.66 Å². The van der Waals surface area contributed by atoms with Crippen molar-refractivity contribution in [1.82, 2.24) is 9.97 Å². The number of non-ortho nitro benzene ring substituents is 1. The molecule has 0 bridgehead atoms. The van der Waals surface area contributed by atoms with Crippen molar-refractivity contribution >= 4 is 23.2 Å². The maximum Gasteiger partial charge on any atom is 0.271 e. The Morgan fingerprint density at radius 2 is 2.25 bits per heavy atom. The topological polar surface area (TPSA) is 116 Å². The Morgan fingerprint density at radius 3 is 2.85 bits per heavy atom. The number of hydrazine groups is 1. The van der Waals surface area contributed by atoms with Gasteiger partial charge in [-0.05, 0) is 13.0 Å². The zero-order valence-corrected chi connectivity index (χ0v) is 11.1. The fourth-order valence-electron chi connectivity index (χ4n) is 1.39. The van der Waals surface area contributed by atoms with Crippen molar-refractivity contribution in [1.29, 1.82) is 0 Å². The molecule has 20 heavy (non-hydrogen) atoms. The fourth-order valence-corrected chi connectivity index (χ4v) is 1.60. The lowest BCUT2D eigenvalue weighted by Crippen LogP contribution is -2.11. The summed E-state index contributed by atoms with van der Waals surface area (Å²) in [6.45, 7) is 1.74. The molecule has 1 aromatic heterocycles. The summed E-state index contributed by atoms with van der Waals surface area (Å²) >= 11 is 5.94. The predicted molar refractivity (Wildman–Crippen MR) is 72.8 cm³/mol. The van der Waals surface area contributed by atoms with E-state index < -0.39 is 4.92 Å². The number of nitro groups is 1. The standard InChI is InChI=1S/C11H10ClN5O3/c1-6-5-14-11(16-13)15-10(6)20-9-3-2-7(17(18)19)4-8(9)12/h2-5H,13H2,1H3,(H,14,15,16). The third-order valence-corrected chi connectivity index (χ3v) is 2.68. The maximum absolute atomic E-state index is 10.6. The molecule has 1 aromatic carbocycles. The summed E-state index contributed by atoms with van der Waals surface area (Å²) in [5.74, 6) is 5.90. The summed E-state index contributed by atoms with van der Waals surface area (Å²) in [5, 5.41) is 10.7. The van der Waals surface area contributed by atoms with Crippen molar-refractivity contribution in [2.45, 2.75) is 6.92 Å². The first kappa shape index (κ1) is 14.0. The molecule has 104 valence electrons. The molecule has 0 saturated carbocycles. The van der Waals surface area contributed by atoms with E-state index in [0.717, 1.165) is 0 Å². The number of benzene rings is 1. The van der Waals surface area contributed by atoms with Crippen LogP contribution in [0.3, 0.4) is 0 Å². The van der Waals surface area contributed by atoms with E-state index in [4.69, 9.17) is 22.2 Å². The Morgan fingerprint density at radius 1 is 1.50 bits per heavy atom. The molecule has 0 spiro atoms. The summed E-state index contributed by atoms with van der Waals surface area (Å²) in [6.07, 6.45) is 1.52. The van der Waals surface area contributed by atoms with Crippen LogP contribution in [0.4, 0.5) is 11.6 Å². The molecule has 2 aromatic rings. The van der Waals surface area contributed by atoms with Gasteiger partial charge in [0.2, 0.25) is 11.8 Å². The lowest BCUT2D eigenvalue weighted by atomic mass is 10.3. The van der Waals surface area contributed by atoms with Crippen LogP contribution in [-0.2, 0) is 0 Å². The van der Waals surface area contributed by atoms with Gasteiger partial charge >= 0.3 is 0 Å². The number of nitrogens with one attached hydrogen (secondary N) is 1. The highest BCUT2D eigenvalue weighted by atomic mass is 35.5. The van der Waals surface area contributed by atoms with Crippen LogP contribution >= 0.6 is 11.6 Å². The van der Waals surface area contributed by atoms with Gasteiger partial charge < -0.3 is 4.74 Å². The average Bonchev–Trinajstić information content (AvgIpc) is 2.43. The first-order valence-electron chi connectivity index (χ1n) is 5.43. The number of hydrogen-bond acceptors (Lipinski definition) is 7. The molecule has 0 saturated heterocycles. The van der Waals surface area contributed by atoms with Gasteiger partial charge in [-0.2, -0.15) is 4.98 Å². The number of nitrogen functional groups attached to an aromatic ring is 1. The molecule has 0 atom stereocenters. The molecule has 0 radical (unpaired) electrons. The molecule has 0 unspecified atom stereocenters. The summed E-state index contributed by atoms with van der Waals surface area (Å²) < 4.78 is 5.52. The normalized spacial score (nSPS) is 10.2. The second-order valence-electron chi connectivity index (χ2n) is 3.80. The molecule has 0 aliphatic heterocycles. The van der Waals surface area contributed by atoms with E-state index in [0.29, 0.717) is 5.56 Å². The zero-order chi connectivity index (χ0) is 14.7. The van der Waals surface area contributed by atoms with Crippen LogP contribution < -0.4 is 16.0 Å². The van der Waals surface area contributed by atoms with Crippen LogP contribution in [0.5, 0.6) is 11.6 Å². The Hall–Kier alpha value is -2.45. The summed E-state index contributed by atoms with van der Waals surface area (Å²) in [7, 11) is 0. The SMILES string of the molecule is Cc1cnc(NN)nc1Oc1ccc([N+](=O)[O-])cc1Cl. The quantitative estimate of drug-likeness (QED) is 0.505. The monoisotopic (exact) mass is 295 g/mol. The first-order valence-corrected chi connectivity index (χ1v) is 5.81. The molecule has 0 aliphatic carbocycles. The van der Waals surface area contributed by atoms with Gasteiger partial charge in [-0.1, -0.05) is 11.6 Å².